The highest BCUT2D eigenvalue weighted by molar-refractivity contribution is 5.80. The number of hydrogen-bond acceptors (Lipinski definition) is 3. The first-order chi connectivity index (χ1) is 9.26. The number of nitrogens with zero attached hydrogens (tertiary/aromatic N) is 2. The number of carbonyl (C=O) groups is 1. The lowest BCUT2D eigenvalue weighted by atomic mass is 10.0. The predicted octanol–water partition coefficient (Wildman–Crippen LogP) is 1.59. The lowest BCUT2D eigenvalue weighted by Gasteiger charge is -2.38. The van der Waals surface area contributed by atoms with Crippen LogP contribution in [0.3, 0.4) is 0 Å². The van der Waals surface area contributed by atoms with Crippen molar-refractivity contribution in [2.24, 2.45) is 0 Å². The zero-order valence-electron chi connectivity index (χ0n) is 12.3. The van der Waals surface area contributed by atoms with Crippen LogP contribution in [-0.4, -0.2) is 54.5 Å². The summed E-state index contributed by atoms with van der Waals surface area (Å²) in [5, 5.41) is 3.28. The molecule has 0 unspecified atom stereocenters. The predicted molar refractivity (Wildman–Crippen MR) is 77.8 cm³/mol. The van der Waals surface area contributed by atoms with E-state index < -0.39 is 0 Å². The zero-order chi connectivity index (χ0) is 13.7. The number of likely N-dealkylation sites (N-methyl/N-ethyl adjacent to an activating group) is 2. The molecule has 0 radical (unpaired) electrons. The fourth-order valence-electron chi connectivity index (χ4n) is 2.90. The molecule has 19 heavy (non-hydrogen) atoms. The van der Waals surface area contributed by atoms with Crippen LogP contribution < -0.4 is 5.32 Å². The summed E-state index contributed by atoms with van der Waals surface area (Å²) in [5.41, 5.74) is 1.25. The Morgan fingerprint density at radius 2 is 2.11 bits per heavy atom. The van der Waals surface area contributed by atoms with Crippen molar-refractivity contribution >= 4 is 5.91 Å². The maximum atomic E-state index is 12.5. The molecule has 1 aliphatic heterocycles. The summed E-state index contributed by atoms with van der Waals surface area (Å²) in [5.74, 6) is 0.268. The summed E-state index contributed by atoms with van der Waals surface area (Å²) in [6, 6.07) is 0.549. The van der Waals surface area contributed by atoms with Gasteiger partial charge in [-0.05, 0) is 39.2 Å². The molecular formula is C15H27N3O. The minimum Gasteiger partial charge on any atom is -0.316 e. The second-order valence-corrected chi connectivity index (χ2v) is 5.45. The monoisotopic (exact) mass is 265 g/mol. The van der Waals surface area contributed by atoms with Crippen LogP contribution in [-0.2, 0) is 4.79 Å². The van der Waals surface area contributed by atoms with E-state index in [0.717, 1.165) is 39.0 Å². The van der Waals surface area contributed by atoms with Crippen LogP contribution in [0.15, 0.2) is 11.8 Å². The summed E-state index contributed by atoms with van der Waals surface area (Å²) in [6.45, 7) is 8.58. The normalized spacial score (nSPS) is 20.1. The molecule has 0 aromatic heterocycles. The van der Waals surface area contributed by atoms with E-state index in [1.165, 1.54) is 18.5 Å². The van der Waals surface area contributed by atoms with Crippen LogP contribution >= 0.6 is 0 Å². The molecule has 1 fully saturated rings. The molecule has 0 bridgehead atoms. The van der Waals surface area contributed by atoms with Gasteiger partial charge in [0.15, 0.2) is 0 Å². The Bertz CT molecular complexity index is 336. The molecule has 4 heteroatoms. The average molecular weight is 265 g/mol. The molecule has 0 aromatic rings. The Morgan fingerprint density at radius 3 is 2.58 bits per heavy atom. The van der Waals surface area contributed by atoms with E-state index in [2.05, 4.69) is 30.1 Å². The molecule has 0 saturated carbocycles. The minimum absolute atomic E-state index is 0.268. The van der Waals surface area contributed by atoms with Gasteiger partial charge in [0.2, 0.25) is 5.91 Å². The van der Waals surface area contributed by atoms with E-state index in [-0.39, 0.29) is 5.91 Å². The quantitative estimate of drug-likeness (QED) is 0.792. The van der Waals surface area contributed by atoms with Crippen molar-refractivity contribution in [2.75, 3.05) is 32.7 Å². The number of carbonyl (C=O) groups excluding carboxylic acids is 1. The Kier molecular flexibility index (Phi) is 5.40. The molecule has 1 amide bonds. The van der Waals surface area contributed by atoms with Crippen molar-refractivity contribution in [1.29, 1.82) is 0 Å². The molecule has 2 aliphatic rings. The maximum absolute atomic E-state index is 12.5. The lowest BCUT2D eigenvalue weighted by molar-refractivity contribution is -0.131. The second kappa shape index (κ2) is 7.06. The second-order valence-electron chi connectivity index (χ2n) is 5.45. The van der Waals surface area contributed by atoms with Crippen molar-refractivity contribution in [3.05, 3.63) is 11.8 Å². The number of allylic oxidation sites excluding steroid dienone is 2. The highest BCUT2D eigenvalue weighted by Crippen LogP contribution is 2.21. The average Bonchev–Trinajstić information content (AvgIpc) is 2.38. The molecule has 1 saturated heterocycles. The van der Waals surface area contributed by atoms with Crippen LogP contribution in [0.5, 0.6) is 0 Å². The lowest BCUT2D eigenvalue weighted by Crippen LogP contribution is -2.59. The minimum atomic E-state index is 0.268. The number of hydrogen-bond donors (Lipinski definition) is 1. The van der Waals surface area contributed by atoms with Crippen molar-refractivity contribution in [3.8, 4) is 0 Å². The van der Waals surface area contributed by atoms with Crippen molar-refractivity contribution in [3.63, 3.8) is 0 Å². The van der Waals surface area contributed by atoms with Gasteiger partial charge in [-0.25, -0.2) is 0 Å². The van der Waals surface area contributed by atoms with E-state index in [1.54, 1.807) is 0 Å². The first-order valence-corrected chi connectivity index (χ1v) is 7.70. The third-order valence-corrected chi connectivity index (χ3v) is 4.25. The Balaban J connectivity index is 1.93. The van der Waals surface area contributed by atoms with Crippen molar-refractivity contribution in [1.82, 2.24) is 15.1 Å². The van der Waals surface area contributed by atoms with Crippen molar-refractivity contribution in [2.45, 2.75) is 45.6 Å². The van der Waals surface area contributed by atoms with Gasteiger partial charge in [0, 0.05) is 31.4 Å². The van der Waals surface area contributed by atoms with Crippen molar-refractivity contribution < 1.29 is 4.79 Å². The highest BCUT2D eigenvalue weighted by atomic mass is 16.2. The molecule has 2 rings (SSSR count). The maximum Gasteiger partial charge on any atom is 0.240 e. The smallest absolute Gasteiger partial charge is 0.240 e. The fraction of sp³-hybridized carbons (Fsp3) is 0.800. The van der Waals surface area contributed by atoms with Gasteiger partial charge in [0.05, 0.1) is 6.54 Å². The third kappa shape index (κ3) is 3.57. The first-order valence-electron chi connectivity index (χ1n) is 7.70. The van der Waals surface area contributed by atoms with Crippen LogP contribution in [0.4, 0.5) is 0 Å². The first kappa shape index (κ1) is 14.5. The SMILES string of the molecule is CCN(C(=O)CN(CC)C1CNC1)C1=CCCCC1. The fourth-order valence-corrected chi connectivity index (χ4v) is 2.90. The third-order valence-electron chi connectivity index (χ3n) is 4.25. The Morgan fingerprint density at radius 1 is 1.32 bits per heavy atom. The number of nitrogens with one attached hydrogen (secondary N) is 1. The molecule has 108 valence electrons. The topological polar surface area (TPSA) is 35.6 Å². The molecule has 0 spiro atoms. The zero-order valence-corrected chi connectivity index (χ0v) is 12.3. The van der Waals surface area contributed by atoms with Gasteiger partial charge in [-0.3, -0.25) is 9.69 Å². The van der Waals surface area contributed by atoms with Gasteiger partial charge in [0.25, 0.3) is 0 Å². The summed E-state index contributed by atoms with van der Waals surface area (Å²) in [6.07, 6.45) is 6.94. The Hall–Kier alpha value is -0.870. The van der Waals surface area contributed by atoms with Gasteiger partial charge in [-0.2, -0.15) is 0 Å². The highest BCUT2D eigenvalue weighted by Gasteiger charge is 2.27. The number of rotatable bonds is 6. The van der Waals surface area contributed by atoms with Crippen LogP contribution in [0.2, 0.25) is 0 Å². The largest absolute Gasteiger partial charge is 0.316 e. The van der Waals surface area contributed by atoms with E-state index in [0.29, 0.717) is 12.6 Å². The van der Waals surface area contributed by atoms with Gasteiger partial charge < -0.3 is 10.2 Å². The summed E-state index contributed by atoms with van der Waals surface area (Å²) in [4.78, 5) is 16.8. The Labute approximate surface area is 116 Å². The van der Waals surface area contributed by atoms with E-state index in [4.69, 9.17) is 0 Å². The van der Waals surface area contributed by atoms with Crippen LogP contribution in [0.25, 0.3) is 0 Å². The van der Waals surface area contributed by atoms with Gasteiger partial charge in [-0.1, -0.05) is 13.0 Å². The summed E-state index contributed by atoms with van der Waals surface area (Å²) >= 11 is 0. The van der Waals surface area contributed by atoms with Crippen LogP contribution in [0, 0.1) is 0 Å². The summed E-state index contributed by atoms with van der Waals surface area (Å²) in [7, 11) is 0. The van der Waals surface area contributed by atoms with Gasteiger partial charge >= 0.3 is 0 Å². The molecule has 1 aliphatic carbocycles. The molecule has 0 atom stereocenters. The van der Waals surface area contributed by atoms with Gasteiger partial charge in [0.1, 0.15) is 0 Å². The van der Waals surface area contributed by atoms with E-state index >= 15 is 0 Å². The van der Waals surface area contributed by atoms with E-state index in [9.17, 15) is 4.79 Å². The molecule has 1 heterocycles. The molecule has 0 aromatic carbocycles. The molecule has 4 nitrogen and oxygen atoms in total. The number of amides is 1. The standard InChI is InChI=1S/C15H27N3O/c1-3-17(14-10-16-11-14)12-15(19)18(4-2)13-8-6-5-7-9-13/h8,14,16H,3-7,9-12H2,1-2H3. The summed E-state index contributed by atoms with van der Waals surface area (Å²) < 4.78 is 0. The van der Waals surface area contributed by atoms with Gasteiger partial charge in [-0.15, -0.1) is 0 Å². The van der Waals surface area contributed by atoms with E-state index in [1.807, 2.05) is 4.90 Å². The molecule has 1 N–H and O–H groups in total. The van der Waals surface area contributed by atoms with Crippen LogP contribution in [0.1, 0.15) is 39.5 Å². The molecular weight excluding hydrogens is 238 g/mol.